The lowest BCUT2D eigenvalue weighted by Crippen LogP contribution is -2.50. The number of carbonyl (C=O) groups is 1. The number of aromatic nitrogens is 1. The van der Waals surface area contributed by atoms with Crippen molar-refractivity contribution < 1.29 is 4.79 Å². The van der Waals surface area contributed by atoms with Gasteiger partial charge in [-0.2, -0.15) is 0 Å². The van der Waals surface area contributed by atoms with E-state index in [0.717, 1.165) is 17.1 Å². The maximum Gasteiger partial charge on any atom is 0.237 e. The maximum absolute atomic E-state index is 11.3. The van der Waals surface area contributed by atoms with Crippen molar-refractivity contribution in [2.24, 2.45) is 11.5 Å². The summed E-state index contributed by atoms with van der Waals surface area (Å²) >= 11 is 1.70. The number of thioether (sulfide) groups is 1. The molecule has 2 unspecified atom stereocenters. The van der Waals surface area contributed by atoms with Crippen molar-refractivity contribution in [3.8, 4) is 0 Å². The SMILES string of the molecule is Cc1cc(C)nc(SC2CCC(N)(C(N)=O)C2)c1. The van der Waals surface area contributed by atoms with Gasteiger partial charge in [0.05, 0.1) is 10.6 Å². The molecule has 4 N–H and O–H groups in total. The van der Waals surface area contributed by atoms with E-state index in [-0.39, 0.29) is 5.91 Å². The standard InChI is InChI=1S/C13H19N3OS/c1-8-5-9(2)16-11(6-8)18-10-3-4-13(15,7-10)12(14)17/h5-6,10H,3-4,7,15H2,1-2H3,(H2,14,17). The molecule has 1 aliphatic carbocycles. The van der Waals surface area contributed by atoms with Gasteiger partial charge >= 0.3 is 0 Å². The van der Waals surface area contributed by atoms with Crippen LogP contribution in [0, 0.1) is 13.8 Å². The zero-order valence-corrected chi connectivity index (χ0v) is 11.6. The quantitative estimate of drug-likeness (QED) is 0.868. The Bertz CT molecular complexity index is 457. The summed E-state index contributed by atoms with van der Waals surface area (Å²) in [6.45, 7) is 4.05. The summed E-state index contributed by atoms with van der Waals surface area (Å²) in [6.07, 6.45) is 2.23. The Morgan fingerprint density at radius 3 is 2.78 bits per heavy atom. The summed E-state index contributed by atoms with van der Waals surface area (Å²) in [5, 5.41) is 1.34. The van der Waals surface area contributed by atoms with Gasteiger partial charge < -0.3 is 11.5 Å². The molecule has 1 amide bonds. The lowest BCUT2D eigenvalue weighted by Gasteiger charge is -2.19. The molecule has 1 saturated carbocycles. The fourth-order valence-corrected chi connectivity index (χ4v) is 3.80. The van der Waals surface area contributed by atoms with Gasteiger partial charge in [-0.3, -0.25) is 4.79 Å². The minimum atomic E-state index is -0.823. The molecule has 2 rings (SSSR count). The zero-order valence-electron chi connectivity index (χ0n) is 10.8. The van der Waals surface area contributed by atoms with Crippen LogP contribution in [0.5, 0.6) is 0 Å². The van der Waals surface area contributed by atoms with Gasteiger partial charge in [0, 0.05) is 10.9 Å². The number of carbonyl (C=O) groups excluding carboxylic acids is 1. The van der Waals surface area contributed by atoms with E-state index >= 15 is 0 Å². The van der Waals surface area contributed by atoms with Gasteiger partial charge in [-0.05, 0) is 50.8 Å². The molecular formula is C13H19N3OS. The molecule has 0 saturated heterocycles. The van der Waals surface area contributed by atoms with E-state index < -0.39 is 5.54 Å². The predicted octanol–water partition coefficient (Wildman–Crippen LogP) is 1.53. The summed E-state index contributed by atoms with van der Waals surface area (Å²) in [4.78, 5) is 15.8. The van der Waals surface area contributed by atoms with Crippen LogP contribution in [-0.2, 0) is 4.79 Å². The number of amides is 1. The van der Waals surface area contributed by atoms with E-state index in [0.29, 0.717) is 18.1 Å². The molecule has 0 spiro atoms. The lowest BCUT2D eigenvalue weighted by atomic mass is 9.99. The van der Waals surface area contributed by atoms with Gasteiger partial charge in [0.2, 0.25) is 5.91 Å². The first-order valence-corrected chi connectivity index (χ1v) is 6.98. The van der Waals surface area contributed by atoms with Crippen LogP contribution in [-0.4, -0.2) is 21.7 Å². The minimum Gasteiger partial charge on any atom is -0.368 e. The Morgan fingerprint density at radius 2 is 2.22 bits per heavy atom. The first-order chi connectivity index (χ1) is 8.39. The number of rotatable bonds is 3. The van der Waals surface area contributed by atoms with E-state index in [9.17, 15) is 4.79 Å². The maximum atomic E-state index is 11.3. The van der Waals surface area contributed by atoms with Crippen LogP contribution in [0.3, 0.4) is 0 Å². The van der Waals surface area contributed by atoms with Crippen molar-refractivity contribution in [2.45, 2.75) is 48.9 Å². The van der Waals surface area contributed by atoms with Gasteiger partial charge in [0.25, 0.3) is 0 Å². The average molecular weight is 265 g/mol. The number of nitrogens with zero attached hydrogens (tertiary/aromatic N) is 1. The van der Waals surface area contributed by atoms with E-state index in [4.69, 9.17) is 11.5 Å². The zero-order chi connectivity index (χ0) is 13.3. The molecule has 1 aromatic heterocycles. The minimum absolute atomic E-state index is 0.330. The van der Waals surface area contributed by atoms with Crippen LogP contribution in [0.2, 0.25) is 0 Å². The largest absolute Gasteiger partial charge is 0.368 e. The second kappa shape index (κ2) is 4.90. The number of aryl methyl sites for hydroxylation is 2. The number of nitrogens with two attached hydrogens (primary N) is 2. The smallest absolute Gasteiger partial charge is 0.237 e. The molecule has 5 heteroatoms. The predicted molar refractivity (Wildman–Crippen MR) is 73.3 cm³/mol. The van der Waals surface area contributed by atoms with Gasteiger partial charge in [-0.1, -0.05) is 0 Å². The van der Waals surface area contributed by atoms with E-state index in [1.54, 1.807) is 11.8 Å². The van der Waals surface area contributed by atoms with Crippen LogP contribution >= 0.6 is 11.8 Å². The van der Waals surface area contributed by atoms with Gasteiger partial charge in [-0.25, -0.2) is 4.98 Å². The van der Waals surface area contributed by atoms with Crippen molar-refractivity contribution in [2.75, 3.05) is 0 Å². The van der Waals surface area contributed by atoms with Crippen LogP contribution < -0.4 is 11.5 Å². The molecular weight excluding hydrogens is 246 g/mol. The van der Waals surface area contributed by atoms with Crippen molar-refractivity contribution in [3.05, 3.63) is 23.4 Å². The first-order valence-electron chi connectivity index (χ1n) is 6.10. The van der Waals surface area contributed by atoms with Gasteiger partial charge in [0.1, 0.15) is 0 Å². The number of hydrogen-bond acceptors (Lipinski definition) is 4. The van der Waals surface area contributed by atoms with Crippen molar-refractivity contribution in [3.63, 3.8) is 0 Å². The fraction of sp³-hybridized carbons (Fsp3) is 0.538. The molecule has 4 nitrogen and oxygen atoms in total. The Hall–Kier alpha value is -1.07. The summed E-state index contributed by atoms with van der Waals surface area (Å²) in [5.41, 5.74) is 12.7. The normalized spacial score (nSPS) is 27.4. The van der Waals surface area contributed by atoms with Crippen LogP contribution in [0.25, 0.3) is 0 Å². The highest BCUT2D eigenvalue weighted by Gasteiger charge is 2.41. The molecule has 0 bridgehead atoms. The fourth-order valence-electron chi connectivity index (χ4n) is 2.39. The number of pyridine rings is 1. The molecule has 1 aromatic rings. The topological polar surface area (TPSA) is 82.0 Å². The van der Waals surface area contributed by atoms with Crippen LogP contribution in [0.1, 0.15) is 30.5 Å². The third-order valence-electron chi connectivity index (χ3n) is 3.36. The first kappa shape index (κ1) is 13.4. The summed E-state index contributed by atoms with van der Waals surface area (Å²) < 4.78 is 0. The molecule has 1 heterocycles. The highest BCUT2D eigenvalue weighted by Crippen LogP contribution is 2.38. The lowest BCUT2D eigenvalue weighted by molar-refractivity contribution is -0.122. The van der Waals surface area contributed by atoms with Crippen LogP contribution in [0.15, 0.2) is 17.2 Å². The third kappa shape index (κ3) is 2.84. The van der Waals surface area contributed by atoms with Crippen molar-refractivity contribution in [1.82, 2.24) is 4.98 Å². The molecule has 0 radical (unpaired) electrons. The summed E-state index contributed by atoms with van der Waals surface area (Å²) in [6, 6.07) is 4.12. The Morgan fingerprint density at radius 1 is 1.50 bits per heavy atom. The van der Waals surface area contributed by atoms with Gasteiger partial charge in [0.15, 0.2) is 0 Å². The molecule has 0 aromatic carbocycles. The molecule has 18 heavy (non-hydrogen) atoms. The molecule has 1 aliphatic rings. The Labute approximate surface area is 112 Å². The molecule has 2 atom stereocenters. The number of hydrogen-bond donors (Lipinski definition) is 2. The monoisotopic (exact) mass is 265 g/mol. The molecule has 0 aliphatic heterocycles. The molecule has 98 valence electrons. The van der Waals surface area contributed by atoms with Gasteiger partial charge in [-0.15, -0.1) is 11.8 Å². The summed E-state index contributed by atoms with van der Waals surface area (Å²) in [5.74, 6) is -0.390. The van der Waals surface area contributed by atoms with Crippen molar-refractivity contribution in [1.29, 1.82) is 0 Å². The van der Waals surface area contributed by atoms with E-state index in [2.05, 4.69) is 24.0 Å². The van der Waals surface area contributed by atoms with E-state index in [1.165, 1.54) is 5.56 Å². The van der Waals surface area contributed by atoms with Crippen molar-refractivity contribution >= 4 is 17.7 Å². The number of primary amides is 1. The highest BCUT2D eigenvalue weighted by molar-refractivity contribution is 7.99. The average Bonchev–Trinajstić information content (AvgIpc) is 2.60. The third-order valence-corrected chi connectivity index (χ3v) is 4.54. The Kier molecular flexibility index (Phi) is 3.64. The summed E-state index contributed by atoms with van der Waals surface area (Å²) in [7, 11) is 0. The second-order valence-electron chi connectivity index (χ2n) is 5.13. The molecule has 1 fully saturated rings. The highest BCUT2D eigenvalue weighted by atomic mass is 32.2. The van der Waals surface area contributed by atoms with Crippen LogP contribution in [0.4, 0.5) is 0 Å². The Balaban J connectivity index is 2.06. The van der Waals surface area contributed by atoms with E-state index in [1.807, 2.05) is 6.92 Å². The second-order valence-corrected chi connectivity index (χ2v) is 6.45.